The van der Waals surface area contributed by atoms with E-state index >= 15 is 0 Å². The zero-order valence-electron chi connectivity index (χ0n) is 15.7. The second-order valence-electron chi connectivity index (χ2n) is 7.26. The van der Waals surface area contributed by atoms with Gasteiger partial charge in [-0.1, -0.05) is 12.1 Å². The molecule has 1 N–H and O–H groups in total. The first-order valence-electron chi connectivity index (χ1n) is 9.07. The third-order valence-electron chi connectivity index (χ3n) is 5.05. The molecule has 1 saturated heterocycles. The molecule has 26 heavy (non-hydrogen) atoms. The summed E-state index contributed by atoms with van der Waals surface area (Å²) in [5, 5.41) is 1.23. The van der Waals surface area contributed by atoms with Gasteiger partial charge in [0.05, 0.1) is 34.9 Å². The van der Waals surface area contributed by atoms with Gasteiger partial charge in [0, 0.05) is 39.9 Å². The van der Waals surface area contributed by atoms with E-state index in [1.54, 1.807) is 32.5 Å². The number of fused-ring (bicyclic) bond motifs is 1. The zero-order valence-corrected chi connectivity index (χ0v) is 16.5. The highest BCUT2D eigenvalue weighted by molar-refractivity contribution is 7.18. The summed E-state index contributed by atoms with van der Waals surface area (Å²) in [7, 11) is 5.12. The van der Waals surface area contributed by atoms with Gasteiger partial charge in [-0.3, -0.25) is 9.59 Å². The maximum Gasteiger partial charge on any atom is 0.277 e. The van der Waals surface area contributed by atoms with E-state index in [0.717, 1.165) is 31.4 Å². The maximum atomic E-state index is 12.4. The Bertz CT molecular complexity index is 748. The number of thiazole rings is 1. The molecule has 0 atom stereocenters. The molecule has 1 fully saturated rings. The van der Waals surface area contributed by atoms with Crippen molar-refractivity contribution in [1.82, 2.24) is 14.8 Å². The molecule has 2 aromatic rings. The third kappa shape index (κ3) is 4.40. The number of nitrogens with one attached hydrogen (secondary N) is 1. The Hall–Kier alpha value is -1.99. The SMILES string of the molecule is CN(C)C(=O)CN(C)C(=O)C[NH+]1CCC(c2nc3ccccc3s2)CC1. The molecular formula is C19H27N4O2S+. The Kier molecular flexibility index (Phi) is 5.88. The number of para-hydroxylation sites is 1. The molecule has 0 unspecified atom stereocenters. The molecule has 140 valence electrons. The number of hydrogen-bond donors (Lipinski definition) is 1. The van der Waals surface area contributed by atoms with Crippen LogP contribution >= 0.6 is 11.3 Å². The molecule has 7 heteroatoms. The number of rotatable bonds is 5. The Morgan fingerprint density at radius 2 is 1.85 bits per heavy atom. The summed E-state index contributed by atoms with van der Waals surface area (Å²) in [6, 6.07) is 8.28. The van der Waals surface area contributed by atoms with Crippen LogP contribution in [0.1, 0.15) is 23.8 Å². The number of benzene rings is 1. The van der Waals surface area contributed by atoms with Gasteiger partial charge in [-0.2, -0.15) is 0 Å². The monoisotopic (exact) mass is 375 g/mol. The number of likely N-dealkylation sites (tertiary alicyclic amines) is 1. The summed E-state index contributed by atoms with van der Waals surface area (Å²) >= 11 is 1.80. The number of nitrogens with zero attached hydrogens (tertiary/aromatic N) is 3. The number of quaternary nitrogens is 1. The molecule has 1 aliphatic rings. The van der Waals surface area contributed by atoms with E-state index in [9.17, 15) is 9.59 Å². The molecule has 6 nitrogen and oxygen atoms in total. The van der Waals surface area contributed by atoms with Gasteiger partial charge in [0.1, 0.15) is 0 Å². The summed E-state index contributed by atoms with van der Waals surface area (Å²) in [4.78, 5) is 33.3. The van der Waals surface area contributed by atoms with Crippen LogP contribution in [0.5, 0.6) is 0 Å². The van der Waals surface area contributed by atoms with Crippen LogP contribution in [-0.2, 0) is 9.59 Å². The fraction of sp³-hybridized carbons (Fsp3) is 0.526. The number of piperidine rings is 1. The molecule has 2 heterocycles. The lowest BCUT2D eigenvalue weighted by Gasteiger charge is -2.29. The first kappa shape index (κ1) is 18.8. The van der Waals surface area contributed by atoms with Crippen molar-refractivity contribution in [2.45, 2.75) is 18.8 Å². The predicted octanol–water partition coefficient (Wildman–Crippen LogP) is 0.605. The topological polar surface area (TPSA) is 58.0 Å². The Labute approximate surface area is 158 Å². The minimum Gasteiger partial charge on any atom is -0.347 e. The fourth-order valence-corrected chi connectivity index (χ4v) is 4.43. The van der Waals surface area contributed by atoms with Gasteiger partial charge in [0.25, 0.3) is 5.91 Å². The Morgan fingerprint density at radius 3 is 2.50 bits per heavy atom. The highest BCUT2D eigenvalue weighted by Gasteiger charge is 2.28. The molecule has 1 aromatic heterocycles. The minimum atomic E-state index is -0.0506. The number of carbonyl (C=O) groups excluding carboxylic acids is 2. The lowest BCUT2D eigenvalue weighted by Crippen LogP contribution is -3.14. The molecule has 0 spiro atoms. The van der Waals surface area contributed by atoms with Gasteiger partial charge in [-0.25, -0.2) is 4.98 Å². The minimum absolute atomic E-state index is 0.0358. The van der Waals surface area contributed by atoms with Crippen LogP contribution in [0.3, 0.4) is 0 Å². The van der Waals surface area contributed by atoms with Crippen molar-refractivity contribution in [2.75, 3.05) is 47.3 Å². The van der Waals surface area contributed by atoms with Gasteiger partial charge in [-0.05, 0) is 12.1 Å². The maximum absolute atomic E-state index is 12.4. The summed E-state index contributed by atoms with van der Waals surface area (Å²) in [5.41, 5.74) is 1.09. The number of aromatic nitrogens is 1. The number of carbonyl (C=O) groups is 2. The van der Waals surface area contributed by atoms with E-state index < -0.39 is 0 Å². The summed E-state index contributed by atoms with van der Waals surface area (Å²) < 4.78 is 1.25. The summed E-state index contributed by atoms with van der Waals surface area (Å²) in [5.74, 6) is 0.485. The molecule has 0 saturated carbocycles. The van der Waals surface area contributed by atoms with Gasteiger partial charge in [0.2, 0.25) is 5.91 Å². The average molecular weight is 376 g/mol. The zero-order chi connectivity index (χ0) is 18.7. The van der Waals surface area contributed by atoms with Crippen LogP contribution in [-0.4, -0.2) is 73.9 Å². The molecule has 0 aliphatic carbocycles. The molecule has 0 bridgehead atoms. The van der Waals surface area contributed by atoms with Crippen molar-refractivity contribution in [2.24, 2.45) is 0 Å². The molecular weight excluding hydrogens is 348 g/mol. The van der Waals surface area contributed by atoms with Crippen LogP contribution in [0.2, 0.25) is 0 Å². The Morgan fingerprint density at radius 1 is 1.15 bits per heavy atom. The predicted molar refractivity (Wildman–Crippen MR) is 103 cm³/mol. The van der Waals surface area contributed by atoms with Gasteiger partial charge >= 0.3 is 0 Å². The van der Waals surface area contributed by atoms with E-state index in [2.05, 4.69) is 18.2 Å². The molecule has 0 radical (unpaired) electrons. The third-order valence-corrected chi connectivity index (χ3v) is 6.25. The highest BCUT2D eigenvalue weighted by Crippen LogP contribution is 2.31. The van der Waals surface area contributed by atoms with Gasteiger partial charge < -0.3 is 14.7 Å². The van der Waals surface area contributed by atoms with Crippen molar-refractivity contribution < 1.29 is 14.5 Å². The second-order valence-corrected chi connectivity index (χ2v) is 8.32. The second kappa shape index (κ2) is 8.14. The van der Waals surface area contributed by atoms with Crippen LogP contribution in [0, 0.1) is 0 Å². The van der Waals surface area contributed by atoms with E-state index in [-0.39, 0.29) is 18.4 Å². The highest BCUT2D eigenvalue weighted by atomic mass is 32.1. The van der Waals surface area contributed by atoms with Gasteiger partial charge in [-0.15, -0.1) is 11.3 Å². The summed E-state index contributed by atoms with van der Waals surface area (Å²) in [6.45, 7) is 2.56. The first-order valence-corrected chi connectivity index (χ1v) is 9.89. The number of amides is 2. The molecule has 1 aliphatic heterocycles. The van der Waals surface area contributed by atoms with Crippen molar-refractivity contribution in [3.8, 4) is 0 Å². The van der Waals surface area contributed by atoms with Crippen LogP contribution in [0.25, 0.3) is 10.2 Å². The molecule has 3 rings (SSSR count). The first-order chi connectivity index (χ1) is 12.4. The smallest absolute Gasteiger partial charge is 0.277 e. The van der Waals surface area contributed by atoms with E-state index in [1.807, 2.05) is 6.07 Å². The van der Waals surface area contributed by atoms with Crippen LogP contribution in [0.4, 0.5) is 0 Å². The number of hydrogen-bond acceptors (Lipinski definition) is 4. The van der Waals surface area contributed by atoms with Crippen molar-refractivity contribution >= 4 is 33.4 Å². The fourth-order valence-electron chi connectivity index (χ4n) is 3.30. The normalized spacial score (nSPS) is 20.1. The van der Waals surface area contributed by atoms with Crippen molar-refractivity contribution in [3.63, 3.8) is 0 Å². The van der Waals surface area contributed by atoms with E-state index in [0.29, 0.717) is 12.5 Å². The summed E-state index contributed by atoms with van der Waals surface area (Å²) in [6.07, 6.45) is 2.12. The lowest BCUT2D eigenvalue weighted by molar-refractivity contribution is -0.897. The van der Waals surface area contributed by atoms with Gasteiger partial charge in [0.15, 0.2) is 6.54 Å². The molecule has 1 aromatic carbocycles. The van der Waals surface area contributed by atoms with Crippen molar-refractivity contribution in [3.05, 3.63) is 29.3 Å². The largest absolute Gasteiger partial charge is 0.347 e. The van der Waals surface area contributed by atoms with Crippen molar-refractivity contribution in [1.29, 1.82) is 0 Å². The molecule has 2 amide bonds. The van der Waals surface area contributed by atoms with Crippen LogP contribution < -0.4 is 4.90 Å². The van der Waals surface area contributed by atoms with E-state index in [1.165, 1.54) is 24.4 Å². The number of likely N-dealkylation sites (N-methyl/N-ethyl adjacent to an activating group) is 2. The Balaban J connectivity index is 1.50. The lowest BCUT2D eigenvalue weighted by atomic mass is 9.97. The van der Waals surface area contributed by atoms with E-state index in [4.69, 9.17) is 4.98 Å². The van der Waals surface area contributed by atoms with Crippen LogP contribution in [0.15, 0.2) is 24.3 Å². The quantitative estimate of drug-likeness (QED) is 0.833. The standard InChI is InChI=1S/C19H26N4O2S/c1-21(2)17(24)12-22(3)18(25)13-23-10-8-14(9-11-23)19-20-15-6-4-5-7-16(15)26-19/h4-7,14H,8-13H2,1-3H3/p+1. The average Bonchev–Trinajstić information content (AvgIpc) is 3.06.